The summed E-state index contributed by atoms with van der Waals surface area (Å²) < 4.78 is 0. The molecule has 1 atom stereocenters. The number of benzene rings is 1. The summed E-state index contributed by atoms with van der Waals surface area (Å²) in [6, 6.07) is 8.41. The Morgan fingerprint density at radius 1 is 1.26 bits per heavy atom. The molecule has 0 bridgehead atoms. The van der Waals surface area contributed by atoms with Gasteiger partial charge in [-0.25, -0.2) is 0 Å². The first-order valence-corrected chi connectivity index (χ1v) is 8.34. The maximum Gasteiger partial charge on any atom is 0.254 e. The van der Waals surface area contributed by atoms with E-state index < -0.39 is 0 Å². The summed E-state index contributed by atoms with van der Waals surface area (Å²) in [5.74, 6) is 0.189. The van der Waals surface area contributed by atoms with Crippen LogP contribution in [0.15, 0.2) is 24.3 Å². The van der Waals surface area contributed by atoms with Gasteiger partial charge in [-0.2, -0.15) is 0 Å². The van der Waals surface area contributed by atoms with Crippen LogP contribution in [0.4, 0.5) is 0 Å². The molecule has 1 aromatic carbocycles. The molecule has 0 saturated carbocycles. The first-order valence-electron chi connectivity index (χ1n) is 7.22. The minimum Gasteiger partial charge on any atom is -0.335 e. The van der Waals surface area contributed by atoms with Gasteiger partial charge in [-0.15, -0.1) is 0 Å². The topological polar surface area (TPSA) is 20.3 Å². The number of rotatable bonds is 3. The third-order valence-corrected chi connectivity index (χ3v) is 4.67. The first-order chi connectivity index (χ1) is 9.26. The Labute approximate surface area is 124 Å². The molecule has 1 aliphatic rings. The molecule has 3 heteroatoms. The summed E-state index contributed by atoms with van der Waals surface area (Å²) in [5.41, 5.74) is 2.11. The third kappa shape index (κ3) is 3.59. The lowest BCUT2D eigenvalue weighted by atomic mass is 10.1. The van der Waals surface area contributed by atoms with Crippen LogP contribution < -0.4 is 0 Å². The van der Waals surface area contributed by atoms with Gasteiger partial charge in [-0.05, 0) is 37.0 Å². The second-order valence-corrected chi connectivity index (χ2v) is 5.85. The standard InChI is InChI=1S/C16H22BrNO/c1-2-13-7-9-14(10-8-13)16(19)18-11-5-3-4-6-15(18)12-17/h7-10,15H,2-6,11-12H2,1H3. The van der Waals surface area contributed by atoms with Crippen molar-refractivity contribution in [2.75, 3.05) is 11.9 Å². The second-order valence-electron chi connectivity index (χ2n) is 5.21. The summed E-state index contributed by atoms with van der Waals surface area (Å²) in [5, 5.41) is 0.881. The smallest absolute Gasteiger partial charge is 0.254 e. The summed E-state index contributed by atoms with van der Waals surface area (Å²) in [6.07, 6.45) is 5.73. The summed E-state index contributed by atoms with van der Waals surface area (Å²) >= 11 is 3.56. The number of aryl methyl sites for hydroxylation is 1. The van der Waals surface area contributed by atoms with Crippen molar-refractivity contribution in [3.8, 4) is 0 Å². The van der Waals surface area contributed by atoms with Gasteiger partial charge in [0.05, 0.1) is 0 Å². The van der Waals surface area contributed by atoms with E-state index in [-0.39, 0.29) is 5.91 Å². The van der Waals surface area contributed by atoms with Crippen molar-refractivity contribution in [1.29, 1.82) is 0 Å². The molecule has 1 unspecified atom stereocenters. The van der Waals surface area contributed by atoms with Gasteiger partial charge in [0, 0.05) is 23.5 Å². The number of hydrogen-bond acceptors (Lipinski definition) is 1. The zero-order chi connectivity index (χ0) is 13.7. The van der Waals surface area contributed by atoms with Gasteiger partial charge in [-0.3, -0.25) is 4.79 Å². The first kappa shape index (κ1) is 14.6. The number of carbonyl (C=O) groups is 1. The summed E-state index contributed by atoms with van der Waals surface area (Å²) in [4.78, 5) is 14.7. The highest BCUT2D eigenvalue weighted by Gasteiger charge is 2.25. The summed E-state index contributed by atoms with van der Waals surface area (Å²) in [6.45, 7) is 3.02. The SMILES string of the molecule is CCc1ccc(C(=O)N2CCCCCC2CBr)cc1. The van der Waals surface area contributed by atoms with Crippen molar-refractivity contribution in [2.24, 2.45) is 0 Å². The van der Waals surface area contributed by atoms with Crippen molar-refractivity contribution >= 4 is 21.8 Å². The lowest BCUT2D eigenvalue weighted by Crippen LogP contribution is -2.41. The fourth-order valence-electron chi connectivity index (χ4n) is 2.65. The largest absolute Gasteiger partial charge is 0.335 e. The molecule has 0 N–H and O–H groups in total. The normalized spacial score (nSPS) is 20.1. The molecular weight excluding hydrogens is 302 g/mol. The van der Waals surface area contributed by atoms with Gasteiger partial charge in [0.25, 0.3) is 5.91 Å². The second kappa shape index (κ2) is 7.09. The lowest BCUT2D eigenvalue weighted by Gasteiger charge is -2.28. The van der Waals surface area contributed by atoms with Crippen LogP contribution in [0.25, 0.3) is 0 Å². The van der Waals surface area contributed by atoms with Crippen LogP contribution in [-0.4, -0.2) is 28.7 Å². The van der Waals surface area contributed by atoms with E-state index in [1.165, 1.54) is 18.4 Å². The van der Waals surface area contributed by atoms with E-state index in [4.69, 9.17) is 0 Å². The highest BCUT2D eigenvalue weighted by atomic mass is 79.9. The number of amides is 1. The maximum absolute atomic E-state index is 12.6. The van der Waals surface area contributed by atoms with Gasteiger partial charge < -0.3 is 4.90 Å². The summed E-state index contributed by atoms with van der Waals surface area (Å²) in [7, 11) is 0. The molecule has 0 aromatic heterocycles. The van der Waals surface area contributed by atoms with Crippen LogP contribution in [-0.2, 0) is 6.42 Å². The Balaban J connectivity index is 2.15. The highest BCUT2D eigenvalue weighted by Crippen LogP contribution is 2.21. The minimum absolute atomic E-state index is 0.189. The molecule has 2 rings (SSSR count). The van der Waals surface area contributed by atoms with Crippen molar-refractivity contribution in [3.63, 3.8) is 0 Å². The molecule has 104 valence electrons. The van der Waals surface area contributed by atoms with E-state index >= 15 is 0 Å². The van der Waals surface area contributed by atoms with Crippen molar-refractivity contribution in [2.45, 2.75) is 45.1 Å². The molecule has 1 fully saturated rings. The fourth-order valence-corrected chi connectivity index (χ4v) is 3.33. The van der Waals surface area contributed by atoms with Crippen LogP contribution >= 0.6 is 15.9 Å². The van der Waals surface area contributed by atoms with E-state index in [9.17, 15) is 4.79 Å². The predicted octanol–water partition coefficient (Wildman–Crippen LogP) is 4.03. The third-order valence-electron chi connectivity index (χ3n) is 3.93. The van der Waals surface area contributed by atoms with Gasteiger partial charge in [0.1, 0.15) is 0 Å². The molecule has 1 amide bonds. The van der Waals surface area contributed by atoms with Gasteiger partial charge in [-0.1, -0.05) is 47.8 Å². The van der Waals surface area contributed by atoms with Crippen molar-refractivity contribution in [1.82, 2.24) is 4.90 Å². The maximum atomic E-state index is 12.6. The van der Waals surface area contributed by atoms with E-state index in [2.05, 4.69) is 39.9 Å². The van der Waals surface area contributed by atoms with Gasteiger partial charge in [0.15, 0.2) is 0 Å². The van der Waals surface area contributed by atoms with E-state index in [0.717, 1.165) is 36.7 Å². The Morgan fingerprint density at radius 2 is 2.00 bits per heavy atom. The predicted molar refractivity (Wildman–Crippen MR) is 82.9 cm³/mol. The van der Waals surface area contributed by atoms with Crippen LogP contribution in [0.2, 0.25) is 0 Å². The number of alkyl halides is 1. The monoisotopic (exact) mass is 323 g/mol. The van der Waals surface area contributed by atoms with Crippen LogP contribution in [0.5, 0.6) is 0 Å². The quantitative estimate of drug-likeness (QED) is 0.769. The average Bonchev–Trinajstić information content (AvgIpc) is 2.71. The number of carbonyl (C=O) groups excluding carboxylic acids is 1. The Hall–Kier alpha value is -0.830. The van der Waals surface area contributed by atoms with Crippen molar-refractivity contribution in [3.05, 3.63) is 35.4 Å². The number of nitrogens with zero attached hydrogens (tertiary/aromatic N) is 1. The number of likely N-dealkylation sites (tertiary alicyclic amines) is 1. The van der Waals surface area contributed by atoms with E-state index in [0.29, 0.717) is 6.04 Å². The zero-order valence-corrected chi connectivity index (χ0v) is 13.2. The molecule has 1 saturated heterocycles. The fraction of sp³-hybridized carbons (Fsp3) is 0.562. The highest BCUT2D eigenvalue weighted by molar-refractivity contribution is 9.09. The van der Waals surface area contributed by atoms with E-state index in [1.54, 1.807) is 0 Å². The average molecular weight is 324 g/mol. The molecule has 19 heavy (non-hydrogen) atoms. The Kier molecular flexibility index (Phi) is 5.44. The lowest BCUT2D eigenvalue weighted by molar-refractivity contribution is 0.0702. The molecule has 1 aromatic rings. The Morgan fingerprint density at radius 3 is 2.63 bits per heavy atom. The molecule has 1 aliphatic heterocycles. The molecule has 0 spiro atoms. The molecule has 0 aliphatic carbocycles. The Bertz CT molecular complexity index is 415. The van der Waals surface area contributed by atoms with Gasteiger partial charge in [0.2, 0.25) is 0 Å². The zero-order valence-electron chi connectivity index (χ0n) is 11.6. The van der Waals surface area contributed by atoms with Crippen molar-refractivity contribution < 1.29 is 4.79 Å². The van der Waals surface area contributed by atoms with E-state index in [1.807, 2.05) is 12.1 Å². The molecule has 1 heterocycles. The molecule has 2 nitrogen and oxygen atoms in total. The number of halogens is 1. The molecular formula is C16H22BrNO. The van der Waals surface area contributed by atoms with Crippen LogP contribution in [0, 0.1) is 0 Å². The number of hydrogen-bond donors (Lipinski definition) is 0. The molecule has 0 radical (unpaired) electrons. The minimum atomic E-state index is 0.189. The van der Waals surface area contributed by atoms with Crippen LogP contribution in [0.3, 0.4) is 0 Å². The van der Waals surface area contributed by atoms with Gasteiger partial charge >= 0.3 is 0 Å². The van der Waals surface area contributed by atoms with Crippen LogP contribution in [0.1, 0.15) is 48.5 Å².